The molecular weight excluding hydrogens is 332 g/mol. The van der Waals surface area contributed by atoms with E-state index in [-0.39, 0.29) is 18.4 Å². The molecule has 0 bridgehead atoms. The van der Waals surface area contributed by atoms with Crippen LogP contribution in [0.5, 0.6) is 0 Å². The summed E-state index contributed by atoms with van der Waals surface area (Å²) in [7, 11) is 0. The second-order valence-corrected chi connectivity index (χ2v) is 8.89. The van der Waals surface area contributed by atoms with Crippen molar-refractivity contribution in [2.45, 2.75) is 108 Å². The van der Waals surface area contributed by atoms with Crippen molar-refractivity contribution in [3.05, 3.63) is 0 Å². The SMILES string of the molecule is CCCCCC(C)(O)CC[C@@H]1CC[C@H]2CC(OCCCC(=O)O)C[C@@]12O. The second kappa shape index (κ2) is 9.52. The van der Waals surface area contributed by atoms with Crippen LogP contribution in [0.15, 0.2) is 0 Å². The van der Waals surface area contributed by atoms with E-state index in [9.17, 15) is 15.0 Å². The van der Waals surface area contributed by atoms with Gasteiger partial charge in [0.2, 0.25) is 0 Å². The maximum atomic E-state index is 11.3. The van der Waals surface area contributed by atoms with Gasteiger partial charge in [0.25, 0.3) is 0 Å². The monoisotopic (exact) mass is 370 g/mol. The molecule has 2 aliphatic carbocycles. The van der Waals surface area contributed by atoms with Gasteiger partial charge in [0.05, 0.1) is 17.3 Å². The van der Waals surface area contributed by atoms with E-state index in [0.29, 0.717) is 25.4 Å². The van der Waals surface area contributed by atoms with E-state index in [4.69, 9.17) is 9.84 Å². The zero-order chi connectivity index (χ0) is 19.2. The number of carbonyl (C=O) groups is 1. The van der Waals surface area contributed by atoms with Crippen LogP contribution in [0.2, 0.25) is 0 Å². The van der Waals surface area contributed by atoms with Crippen molar-refractivity contribution >= 4 is 5.97 Å². The summed E-state index contributed by atoms with van der Waals surface area (Å²) in [6.45, 7) is 4.56. The molecule has 0 aromatic carbocycles. The van der Waals surface area contributed by atoms with Crippen LogP contribution >= 0.6 is 0 Å². The van der Waals surface area contributed by atoms with Crippen LogP contribution in [0.1, 0.15) is 90.9 Å². The normalized spacial score (nSPS) is 33.2. The molecule has 3 N–H and O–H groups in total. The highest BCUT2D eigenvalue weighted by atomic mass is 16.5. The zero-order valence-corrected chi connectivity index (χ0v) is 16.6. The quantitative estimate of drug-likeness (QED) is 0.454. The molecule has 0 aromatic heterocycles. The van der Waals surface area contributed by atoms with Gasteiger partial charge >= 0.3 is 5.97 Å². The van der Waals surface area contributed by atoms with Gasteiger partial charge in [-0.1, -0.05) is 26.2 Å². The average Bonchev–Trinajstić information content (AvgIpc) is 3.02. The lowest BCUT2D eigenvalue weighted by Gasteiger charge is -2.33. The molecule has 0 heterocycles. The summed E-state index contributed by atoms with van der Waals surface area (Å²) in [5, 5.41) is 30.6. The first kappa shape index (κ1) is 21.6. The number of ether oxygens (including phenoxy) is 1. The fourth-order valence-corrected chi connectivity index (χ4v) is 5.02. The minimum absolute atomic E-state index is 0.0478. The van der Waals surface area contributed by atoms with Gasteiger partial charge in [-0.2, -0.15) is 0 Å². The predicted octanol–water partition coefficient (Wildman–Crippen LogP) is 3.90. The number of carboxylic acid groups (broad SMARTS) is 1. The van der Waals surface area contributed by atoms with Gasteiger partial charge in [0.1, 0.15) is 0 Å². The molecule has 0 saturated heterocycles. The zero-order valence-electron chi connectivity index (χ0n) is 16.6. The number of hydrogen-bond donors (Lipinski definition) is 3. The van der Waals surface area contributed by atoms with Crippen molar-refractivity contribution in [3.63, 3.8) is 0 Å². The fourth-order valence-electron chi connectivity index (χ4n) is 5.02. The summed E-state index contributed by atoms with van der Waals surface area (Å²) >= 11 is 0. The smallest absolute Gasteiger partial charge is 0.303 e. The van der Waals surface area contributed by atoms with E-state index in [1.165, 1.54) is 0 Å². The number of hydrogen-bond acceptors (Lipinski definition) is 4. The Kier molecular flexibility index (Phi) is 7.92. The molecular formula is C21H38O5. The first-order valence-corrected chi connectivity index (χ1v) is 10.5. The highest BCUT2D eigenvalue weighted by Crippen LogP contribution is 2.53. The van der Waals surface area contributed by atoms with E-state index in [2.05, 4.69) is 6.92 Å². The molecule has 5 heteroatoms. The van der Waals surface area contributed by atoms with Gasteiger partial charge in [-0.25, -0.2) is 0 Å². The predicted molar refractivity (Wildman–Crippen MR) is 101 cm³/mol. The maximum Gasteiger partial charge on any atom is 0.303 e. The van der Waals surface area contributed by atoms with Gasteiger partial charge in [0.15, 0.2) is 0 Å². The van der Waals surface area contributed by atoms with Crippen LogP contribution in [0, 0.1) is 11.8 Å². The average molecular weight is 371 g/mol. The second-order valence-electron chi connectivity index (χ2n) is 8.89. The Morgan fingerprint density at radius 1 is 1.23 bits per heavy atom. The third kappa shape index (κ3) is 5.93. The molecule has 2 aliphatic rings. The van der Waals surface area contributed by atoms with Gasteiger partial charge in [-0.3, -0.25) is 4.79 Å². The van der Waals surface area contributed by atoms with Crippen molar-refractivity contribution < 1.29 is 24.9 Å². The maximum absolute atomic E-state index is 11.3. The van der Waals surface area contributed by atoms with E-state index in [1.807, 2.05) is 6.92 Å². The Morgan fingerprint density at radius 2 is 2.00 bits per heavy atom. The Morgan fingerprint density at radius 3 is 2.69 bits per heavy atom. The Hall–Kier alpha value is -0.650. The first-order chi connectivity index (χ1) is 12.3. The molecule has 26 heavy (non-hydrogen) atoms. The molecule has 2 saturated carbocycles. The van der Waals surface area contributed by atoms with Crippen LogP contribution in [-0.4, -0.2) is 45.2 Å². The van der Waals surface area contributed by atoms with E-state index >= 15 is 0 Å². The number of aliphatic carboxylic acids is 1. The van der Waals surface area contributed by atoms with Gasteiger partial charge in [0, 0.05) is 19.4 Å². The van der Waals surface area contributed by atoms with Crippen molar-refractivity contribution in [2.75, 3.05) is 6.61 Å². The Bertz CT molecular complexity index is 450. The number of unbranched alkanes of at least 4 members (excludes halogenated alkanes) is 2. The van der Waals surface area contributed by atoms with Crippen molar-refractivity contribution in [1.29, 1.82) is 0 Å². The van der Waals surface area contributed by atoms with E-state index < -0.39 is 17.2 Å². The van der Waals surface area contributed by atoms with Crippen LogP contribution in [0.3, 0.4) is 0 Å². The Labute approximate surface area is 158 Å². The van der Waals surface area contributed by atoms with E-state index in [1.54, 1.807) is 0 Å². The molecule has 2 unspecified atom stereocenters. The molecule has 0 aliphatic heterocycles. The van der Waals surface area contributed by atoms with Crippen molar-refractivity contribution in [3.8, 4) is 0 Å². The highest BCUT2D eigenvalue weighted by molar-refractivity contribution is 5.66. The van der Waals surface area contributed by atoms with Crippen molar-refractivity contribution in [2.24, 2.45) is 11.8 Å². The molecule has 152 valence electrons. The lowest BCUT2D eigenvalue weighted by atomic mass is 9.80. The van der Waals surface area contributed by atoms with Crippen LogP contribution in [0.25, 0.3) is 0 Å². The minimum atomic E-state index is -0.790. The molecule has 5 nitrogen and oxygen atoms in total. The molecule has 2 fully saturated rings. The molecule has 0 amide bonds. The standard InChI is InChI=1S/C21H38O5/c1-3-4-5-11-20(2,24)12-10-16-8-9-17-14-18(15-21(16,17)25)26-13-6-7-19(22)23/h16-18,24-25H,3-15H2,1-2H3,(H,22,23)/t16-,17-,18?,20?,21+/m0/s1. The summed E-state index contributed by atoms with van der Waals surface area (Å²) in [4.78, 5) is 10.6. The number of rotatable bonds is 12. The molecule has 0 aromatic rings. The third-order valence-electron chi connectivity index (χ3n) is 6.62. The Balaban J connectivity index is 1.77. The molecule has 5 atom stereocenters. The lowest BCUT2D eigenvalue weighted by Crippen LogP contribution is -2.37. The summed E-state index contributed by atoms with van der Waals surface area (Å²) < 4.78 is 5.84. The number of carboxylic acids is 1. The summed E-state index contributed by atoms with van der Waals surface area (Å²) in [6, 6.07) is 0. The van der Waals surface area contributed by atoms with Crippen LogP contribution in [0.4, 0.5) is 0 Å². The summed E-state index contributed by atoms with van der Waals surface area (Å²) in [5.41, 5.74) is -1.29. The number of aliphatic hydroxyl groups is 2. The summed E-state index contributed by atoms with van der Waals surface area (Å²) in [6.07, 6.45) is 10.2. The molecule has 2 rings (SSSR count). The fraction of sp³-hybridized carbons (Fsp3) is 0.952. The van der Waals surface area contributed by atoms with Gasteiger partial charge in [-0.05, 0) is 63.7 Å². The lowest BCUT2D eigenvalue weighted by molar-refractivity contribution is -0.137. The molecule has 0 spiro atoms. The van der Waals surface area contributed by atoms with E-state index in [0.717, 1.165) is 57.8 Å². The van der Waals surface area contributed by atoms with Gasteiger partial charge in [-0.15, -0.1) is 0 Å². The van der Waals surface area contributed by atoms with Gasteiger partial charge < -0.3 is 20.1 Å². The topological polar surface area (TPSA) is 87.0 Å². The van der Waals surface area contributed by atoms with Crippen LogP contribution in [-0.2, 0) is 9.53 Å². The minimum Gasteiger partial charge on any atom is -0.481 e. The largest absolute Gasteiger partial charge is 0.481 e. The number of fused-ring (bicyclic) bond motifs is 1. The summed E-state index contributed by atoms with van der Waals surface area (Å²) in [5.74, 6) is -0.249. The third-order valence-corrected chi connectivity index (χ3v) is 6.62. The van der Waals surface area contributed by atoms with Crippen LogP contribution < -0.4 is 0 Å². The van der Waals surface area contributed by atoms with Crippen molar-refractivity contribution in [1.82, 2.24) is 0 Å². The molecule has 0 radical (unpaired) electrons. The first-order valence-electron chi connectivity index (χ1n) is 10.5. The highest BCUT2D eigenvalue weighted by Gasteiger charge is 2.54.